The van der Waals surface area contributed by atoms with E-state index in [1.807, 2.05) is 6.07 Å². The van der Waals surface area contributed by atoms with Crippen LogP contribution >= 0.6 is 0 Å². The van der Waals surface area contributed by atoms with Crippen molar-refractivity contribution in [3.05, 3.63) is 35.9 Å². The molecule has 24 heavy (non-hydrogen) atoms. The maximum atomic E-state index is 12.4. The molecule has 5 nitrogen and oxygen atoms in total. The highest BCUT2D eigenvalue weighted by Crippen LogP contribution is 2.34. The molecule has 2 heterocycles. The summed E-state index contributed by atoms with van der Waals surface area (Å²) in [6, 6.07) is 10.6. The lowest BCUT2D eigenvalue weighted by molar-refractivity contribution is -0.123. The van der Waals surface area contributed by atoms with Gasteiger partial charge >= 0.3 is 0 Å². The second-order valence-electron chi connectivity index (χ2n) is 6.98. The Balaban J connectivity index is 1.60. The zero-order valence-corrected chi connectivity index (χ0v) is 14.2. The number of hydrogen-bond donors (Lipinski definition) is 2. The van der Waals surface area contributed by atoms with Crippen LogP contribution < -0.4 is 5.32 Å². The van der Waals surface area contributed by atoms with E-state index in [0.29, 0.717) is 13.1 Å². The van der Waals surface area contributed by atoms with E-state index in [0.717, 1.165) is 45.4 Å². The smallest absolute Gasteiger partial charge is 0.234 e. The van der Waals surface area contributed by atoms with E-state index in [4.69, 9.17) is 4.74 Å². The highest BCUT2D eigenvalue weighted by Gasteiger charge is 2.35. The Morgan fingerprint density at radius 3 is 2.75 bits per heavy atom. The molecule has 0 aliphatic carbocycles. The number of amides is 1. The number of benzene rings is 1. The molecule has 5 heteroatoms. The van der Waals surface area contributed by atoms with E-state index in [1.54, 1.807) is 0 Å². The summed E-state index contributed by atoms with van der Waals surface area (Å²) in [5.41, 5.74) is 1.25. The molecule has 132 valence electrons. The molecule has 0 spiro atoms. The van der Waals surface area contributed by atoms with Crippen LogP contribution in [0.4, 0.5) is 0 Å². The molecule has 1 atom stereocenters. The first-order valence-electron chi connectivity index (χ1n) is 8.98. The summed E-state index contributed by atoms with van der Waals surface area (Å²) in [5, 5.41) is 12.5. The highest BCUT2D eigenvalue weighted by atomic mass is 16.5. The minimum Gasteiger partial charge on any atom is -0.395 e. The number of aliphatic hydroxyl groups is 1. The van der Waals surface area contributed by atoms with Crippen LogP contribution in [0.25, 0.3) is 0 Å². The lowest BCUT2D eigenvalue weighted by Crippen LogP contribution is -2.48. The van der Waals surface area contributed by atoms with Crippen molar-refractivity contribution in [3.63, 3.8) is 0 Å². The maximum absolute atomic E-state index is 12.4. The Labute approximate surface area is 144 Å². The van der Waals surface area contributed by atoms with Gasteiger partial charge < -0.3 is 15.2 Å². The van der Waals surface area contributed by atoms with Gasteiger partial charge in [-0.1, -0.05) is 30.3 Å². The van der Waals surface area contributed by atoms with Crippen molar-refractivity contribution < 1.29 is 14.6 Å². The molecule has 0 unspecified atom stereocenters. The SMILES string of the molecule is O=C(CN1CCC[C@@H]1CO)NCC1(c2ccccc2)CCOCC1. The topological polar surface area (TPSA) is 61.8 Å². The van der Waals surface area contributed by atoms with Crippen LogP contribution in [0.2, 0.25) is 0 Å². The number of rotatable bonds is 6. The van der Waals surface area contributed by atoms with Crippen molar-refractivity contribution >= 4 is 5.91 Å². The van der Waals surface area contributed by atoms with Crippen LogP contribution in [-0.4, -0.2) is 61.4 Å². The molecule has 2 N–H and O–H groups in total. The third-order valence-corrected chi connectivity index (χ3v) is 5.52. The molecule has 0 aromatic heterocycles. The summed E-state index contributed by atoms with van der Waals surface area (Å²) in [7, 11) is 0. The maximum Gasteiger partial charge on any atom is 0.234 e. The fourth-order valence-corrected chi connectivity index (χ4v) is 3.94. The lowest BCUT2D eigenvalue weighted by Gasteiger charge is -2.38. The van der Waals surface area contributed by atoms with Crippen molar-refractivity contribution in [1.82, 2.24) is 10.2 Å². The number of likely N-dealkylation sites (tertiary alicyclic amines) is 1. The van der Waals surface area contributed by atoms with E-state index in [9.17, 15) is 9.90 Å². The molecule has 2 saturated heterocycles. The normalized spacial score (nSPS) is 24.0. The van der Waals surface area contributed by atoms with Gasteiger partial charge in [0.15, 0.2) is 0 Å². The zero-order chi connectivity index (χ0) is 16.8. The fraction of sp³-hybridized carbons (Fsp3) is 0.632. The monoisotopic (exact) mass is 332 g/mol. The van der Waals surface area contributed by atoms with E-state index >= 15 is 0 Å². The van der Waals surface area contributed by atoms with E-state index in [1.165, 1.54) is 5.56 Å². The largest absolute Gasteiger partial charge is 0.395 e. The lowest BCUT2D eigenvalue weighted by atomic mass is 9.74. The van der Waals surface area contributed by atoms with E-state index < -0.39 is 0 Å². The summed E-state index contributed by atoms with van der Waals surface area (Å²) in [6.07, 6.45) is 3.90. The molecule has 3 rings (SSSR count). The van der Waals surface area contributed by atoms with Gasteiger partial charge in [-0.05, 0) is 37.8 Å². The Kier molecular flexibility index (Phi) is 5.87. The Morgan fingerprint density at radius 2 is 2.04 bits per heavy atom. The summed E-state index contributed by atoms with van der Waals surface area (Å²) >= 11 is 0. The Hall–Kier alpha value is -1.43. The van der Waals surface area contributed by atoms with Crippen molar-refractivity contribution in [1.29, 1.82) is 0 Å². The van der Waals surface area contributed by atoms with Crippen LogP contribution in [0.1, 0.15) is 31.2 Å². The predicted molar refractivity (Wildman–Crippen MR) is 92.9 cm³/mol. The van der Waals surface area contributed by atoms with Crippen molar-refractivity contribution in [2.24, 2.45) is 0 Å². The summed E-state index contributed by atoms with van der Waals surface area (Å²) in [5.74, 6) is 0.0529. The molecule has 1 aromatic carbocycles. The number of ether oxygens (including phenoxy) is 1. The van der Waals surface area contributed by atoms with Crippen LogP contribution in [-0.2, 0) is 14.9 Å². The first-order chi connectivity index (χ1) is 11.7. The predicted octanol–water partition coefficient (Wildman–Crippen LogP) is 1.31. The van der Waals surface area contributed by atoms with Crippen molar-refractivity contribution in [2.45, 2.75) is 37.1 Å². The van der Waals surface area contributed by atoms with Gasteiger partial charge in [0.1, 0.15) is 0 Å². The quantitative estimate of drug-likeness (QED) is 0.824. The molecule has 0 bridgehead atoms. The number of carbonyl (C=O) groups is 1. The number of nitrogens with zero attached hydrogens (tertiary/aromatic N) is 1. The van der Waals surface area contributed by atoms with Gasteiger partial charge in [-0.2, -0.15) is 0 Å². The van der Waals surface area contributed by atoms with Gasteiger partial charge in [-0.25, -0.2) is 0 Å². The van der Waals surface area contributed by atoms with Gasteiger partial charge in [0, 0.05) is 31.2 Å². The minimum atomic E-state index is -0.0312. The Bertz CT molecular complexity index is 529. The molecule has 2 aliphatic rings. The van der Waals surface area contributed by atoms with Gasteiger partial charge in [0.25, 0.3) is 0 Å². The first kappa shape index (κ1) is 17.4. The number of aliphatic hydroxyl groups excluding tert-OH is 1. The van der Waals surface area contributed by atoms with Crippen LogP contribution in [0.3, 0.4) is 0 Å². The molecule has 0 saturated carbocycles. The average Bonchev–Trinajstić information content (AvgIpc) is 3.08. The minimum absolute atomic E-state index is 0.0312. The molecular weight excluding hydrogens is 304 g/mol. The first-order valence-corrected chi connectivity index (χ1v) is 8.98. The number of hydrogen-bond acceptors (Lipinski definition) is 4. The highest BCUT2D eigenvalue weighted by molar-refractivity contribution is 5.78. The molecule has 2 aliphatic heterocycles. The van der Waals surface area contributed by atoms with E-state index in [-0.39, 0.29) is 24.0 Å². The second kappa shape index (κ2) is 8.10. The van der Waals surface area contributed by atoms with Gasteiger partial charge in [-0.15, -0.1) is 0 Å². The third kappa shape index (κ3) is 3.97. The molecule has 0 radical (unpaired) electrons. The fourth-order valence-electron chi connectivity index (χ4n) is 3.94. The van der Waals surface area contributed by atoms with Crippen molar-refractivity contribution in [3.8, 4) is 0 Å². The Morgan fingerprint density at radius 1 is 1.29 bits per heavy atom. The third-order valence-electron chi connectivity index (χ3n) is 5.52. The van der Waals surface area contributed by atoms with Crippen LogP contribution in [0.15, 0.2) is 30.3 Å². The number of carbonyl (C=O) groups excluding carboxylic acids is 1. The van der Waals surface area contributed by atoms with Gasteiger partial charge in [0.05, 0.1) is 13.2 Å². The summed E-state index contributed by atoms with van der Waals surface area (Å²) in [4.78, 5) is 14.5. The molecule has 2 fully saturated rings. The molecule has 1 aromatic rings. The van der Waals surface area contributed by atoms with Crippen molar-refractivity contribution in [2.75, 3.05) is 39.5 Å². The standard InChI is InChI=1S/C19H28N2O3/c22-14-17-7-4-10-21(17)13-18(23)20-15-19(8-11-24-12-9-19)16-5-2-1-3-6-16/h1-3,5-6,17,22H,4,7-15H2,(H,20,23)/t17-/m1/s1. The van der Waals surface area contributed by atoms with Crippen LogP contribution in [0, 0.1) is 0 Å². The zero-order valence-electron chi connectivity index (χ0n) is 14.2. The van der Waals surface area contributed by atoms with Gasteiger partial charge in [0.2, 0.25) is 5.91 Å². The average molecular weight is 332 g/mol. The molecule has 1 amide bonds. The van der Waals surface area contributed by atoms with Gasteiger partial charge in [-0.3, -0.25) is 9.69 Å². The van der Waals surface area contributed by atoms with Crippen LogP contribution in [0.5, 0.6) is 0 Å². The summed E-state index contributed by atoms with van der Waals surface area (Å²) in [6.45, 7) is 3.55. The van der Waals surface area contributed by atoms with E-state index in [2.05, 4.69) is 34.5 Å². The summed E-state index contributed by atoms with van der Waals surface area (Å²) < 4.78 is 5.54. The molecular formula is C19H28N2O3. The number of nitrogens with one attached hydrogen (secondary N) is 1. The second-order valence-corrected chi connectivity index (χ2v) is 6.98.